The van der Waals surface area contributed by atoms with E-state index in [0.717, 1.165) is 36.0 Å². The van der Waals surface area contributed by atoms with Crippen LogP contribution in [0.5, 0.6) is 0 Å². The number of alkyl halides is 1. The van der Waals surface area contributed by atoms with Gasteiger partial charge in [0.15, 0.2) is 0 Å². The van der Waals surface area contributed by atoms with Gasteiger partial charge in [-0.3, -0.25) is 0 Å². The van der Waals surface area contributed by atoms with E-state index in [9.17, 15) is 0 Å². The molecule has 2 aromatic rings. The van der Waals surface area contributed by atoms with Crippen LogP contribution >= 0.6 is 22.9 Å². The monoisotopic (exact) mass is 295 g/mol. The van der Waals surface area contributed by atoms with Crippen LogP contribution in [0.15, 0.2) is 6.33 Å². The highest BCUT2D eigenvalue weighted by atomic mass is 35.5. The maximum atomic E-state index is 5.86. The first-order valence-electron chi connectivity index (χ1n) is 6.72. The van der Waals surface area contributed by atoms with Crippen LogP contribution in [0.3, 0.4) is 0 Å². The zero-order valence-corrected chi connectivity index (χ0v) is 12.9. The Balaban J connectivity index is 1.97. The molecule has 5 heteroatoms. The Morgan fingerprint density at radius 3 is 3.05 bits per heavy atom. The molecule has 1 atom stereocenters. The third kappa shape index (κ3) is 2.32. The molecule has 1 aliphatic heterocycles. The first-order chi connectivity index (χ1) is 9.20. The van der Waals surface area contributed by atoms with E-state index in [0.29, 0.717) is 5.92 Å². The smallest absolute Gasteiger partial charge is 0.141 e. The highest BCUT2D eigenvalue weighted by Gasteiger charge is 2.25. The van der Waals surface area contributed by atoms with Crippen molar-refractivity contribution in [2.24, 2.45) is 5.92 Å². The maximum absolute atomic E-state index is 5.86. The average molecular weight is 296 g/mol. The number of thiophene rings is 1. The predicted octanol–water partition coefficient (Wildman–Crippen LogP) is 3.76. The van der Waals surface area contributed by atoms with E-state index < -0.39 is 0 Å². The fourth-order valence-electron chi connectivity index (χ4n) is 2.82. The summed E-state index contributed by atoms with van der Waals surface area (Å²) in [5, 5.41) is 1.25. The summed E-state index contributed by atoms with van der Waals surface area (Å²) < 4.78 is 0. The van der Waals surface area contributed by atoms with Crippen molar-refractivity contribution in [3.8, 4) is 0 Å². The Labute approximate surface area is 122 Å². The van der Waals surface area contributed by atoms with Crippen molar-refractivity contribution in [1.82, 2.24) is 9.97 Å². The summed E-state index contributed by atoms with van der Waals surface area (Å²) >= 11 is 7.62. The summed E-state index contributed by atoms with van der Waals surface area (Å²) in [5.74, 6) is 2.58. The zero-order chi connectivity index (χ0) is 13.4. The fraction of sp³-hybridized carbons (Fsp3) is 0.571. The van der Waals surface area contributed by atoms with Gasteiger partial charge >= 0.3 is 0 Å². The third-order valence-electron chi connectivity index (χ3n) is 4.05. The fourth-order valence-corrected chi connectivity index (χ4v) is 4.12. The van der Waals surface area contributed by atoms with Gasteiger partial charge in [0.05, 0.1) is 5.39 Å². The van der Waals surface area contributed by atoms with Gasteiger partial charge in [0.2, 0.25) is 0 Å². The summed E-state index contributed by atoms with van der Waals surface area (Å²) in [4.78, 5) is 13.8. The lowest BCUT2D eigenvalue weighted by Crippen LogP contribution is -2.21. The molecule has 1 saturated heterocycles. The number of nitrogens with zero attached hydrogens (tertiary/aromatic N) is 3. The molecule has 1 unspecified atom stereocenters. The number of hydrogen-bond donors (Lipinski definition) is 0. The first-order valence-corrected chi connectivity index (χ1v) is 8.07. The molecule has 0 aliphatic carbocycles. The largest absolute Gasteiger partial charge is 0.356 e. The number of halogens is 1. The van der Waals surface area contributed by atoms with Gasteiger partial charge in [-0.25, -0.2) is 9.97 Å². The van der Waals surface area contributed by atoms with Crippen LogP contribution in [-0.4, -0.2) is 28.9 Å². The van der Waals surface area contributed by atoms with Crippen LogP contribution in [0.4, 0.5) is 5.82 Å². The van der Waals surface area contributed by atoms with Crippen molar-refractivity contribution in [3.63, 3.8) is 0 Å². The van der Waals surface area contributed by atoms with Crippen molar-refractivity contribution in [2.45, 2.75) is 26.7 Å². The number of anilines is 1. The van der Waals surface area contributed by atoms with Gasteiger partial charge in [0.1, 0.15) is 17.0 Å². The van der Waals surface area contributed by atoms with E-state index in [4.69, 9.17) is 11.6 Å². The number of fused-ring (bicyclic) bond motifs is 1. The molecular weight excluding hydrogens is 278 g/mol. The van der Waals surface area contributed by atoms with Crippen LogP contribution in [0.25, 0.3) is 10.2 Å². The van der Waals surface area contributed by atoms with E-state index in [2.05, 4.69) is 28.7 Å². The van der Waals surface area contributed by atoms with E-state index in [1.165, 1.54) is 22.2 Å². The second-order valence-electron chi connectivity index (χ2n) is 5.24. The minimum absolute atomic E-state index is 0.711. The molecule has 2 aromatic heterocycles. The van der Waals surface area contributed by atoms with Crippen LogP contribution in [-0.2, 0) is 0 Å². The van der Waals surface area contributed by atoms with Gasteiger partial charge in [-0.05, 0) is 38.2 Å². The Hall–Kier alpha value is -0.870. The molecule has 3 heterocycles. The Bertz CT molecular complexity index is 596. The lowest BCUT2D eigenvalue weighted by molar-refractivity contribution is 0.572. The van der Waals surface area contributed by atoms with Gasteiger partial charge in [-0.1, -0.05) is 0 Å². The molecular formula is C14H18ClN3S. The summed E-state index contributed by atoms with van der Waals surface area (Å²) in [7, 11) is 0. The van der Waals surface area contributed by atoms with Crippen molar-refractivity contribution in [3.05, 3.63) is 16.8 Å². The molecule has 0 spiro atoms. The number of aryl methyl sites for hydroxylation is 2. The summed E-state index contributed by atoms with van der Waals surface area (Å²) in [6.07, 6.45) is 4.02. The normalized spacial score (nSPS) is 19.5. The molecule has 102 valence electrons. The Morgan fingerprint density at radius 2 is 2.26 bits per heavy atom. The van der Waals surface area contributed by atoms with Crippen LogP contribution in [0, 0.1) is 19.8 Å². The highest BCUT2D eigenvalue weighted by molar-refractivity contribution is 7.18. The van der Waals surface area contributed by atoms with E-state index >= 15 is 0 Å². The Morgan fingerprint density at radius 1 is 1.42 bits per heavy atom. The van der Waals surface area contributed by atoms with Crippen molar-refractivity contribution < 1.29 is 0 Å². The second-order valence-corrected chi connectivity index (χ2v) is 6.82. The van der Waals surface area contributed by atoms with Crippen molar-refractivity contribution in [2.75, 3.05) is 23.9 Å². The number of aromatic nitrogens is 2. The topological polar surface area (TPSA) is 29.0 Å². The summed E-state index contributed by atoms with van der Waals surface area (Å²) in [6, 6.07) is 0. The van der Waals surface area contributed by atoms with Gasteiger partial charge < -0.3 is 4.90 Å². The minimum atomic E-state index is 0.711. The molecule has 0 aromatic carbocycles. The minimum Gasteiger partial charge on any atom is -0.356 e. The molecule has 0 saturated carbocycles. The van der Waals surface area contributed by atoms with Crippen molar-refractivity contribution >= 4 is 39.0 Å². The first kappa shape index (κ1) is 13.1. The molecule has 0 bridgehead atoms. The average Bonchev–Trinajstić information content (AvgIpc) is 2.96. The molecule has 0 N–H and O–H groups in total. The lowest BCUT2D eigenvalue weighted by atomic mass is 10.1. The molecule has 1 fully saturated rings. The van der Waals surface area contributed by atoms with Gasteiger partial charge in [0.25, 0.3) is 0 Å². The number of hydrogen-bond acceptors (Lipinski definition) is 4. The summed E-state index contributed by atoms with van der Waals surface area (Å²) in [6.45, 7) is 6.49. The number of rotatable bonds is 3. The molecule has 19 heavy (non-hydrogen) atoms. The Kier molecular flexibility index (Phi) is 3.63. The lowest BCUT2D eigenvalue weighted by Gasteiger charge is -2.18. The molecule has 0 radical (unpaired) electrons. The highest BCUT2D eigenvalue weighted by Crippen LogP contribution is 2.36. The van der Waals surface area contributed by atoms with Crippen LogP contribution < -0.4 is 4.90 Å². The van der Waals surface area contributed by atoms with E-state index in [-0.39, 0.29) is 0 Å². The zero-order valence-electron chi connectivity index (χ0n) is 11.3. The molecule has 1 aliphatic rings. The molecule has 3 nitrogen and oxygen atoms in total. The van der Waals surface area contributed by atoms with Gasteiger partial charge in [-0.2, -0.15) is 0 Å². The van der Waals surface area contributed by atoms with E-state index in [1.807, 2.05) is 0 Å². The van der Waals surface area contributed by atoms with Gasteiger partial charge in [-0.15, -0.1) is 22.9 Å². The second kappa shape index (κ2) is 5.25. The van der Waals surface area contributed by atoms with Crippen molar-refractivity contribution in [1.29, 1.82) is 0 Å². The predicted molar refractivity (Wildman–Crippen MR) is 82.5 cm³/mol. The quantitative estimate of drug-likeness (QED) is 0.807. The van der Waals surface area contributed by atoms with Crippen LogP contribution in [0.2, 0.25) is 0 Å². The third-order valence-corrected chi connectivity index (χ3v) is 5.38. The van der Waals surface area contributed by atoms with E-state index in [1.54, 1.807) is 17.7 Å². The van der Waals surface area contributed by atoms with Gasteiger partial charge in [0, 0.05) is 23.8 Å². The van der Waals surface area contributed by atoms with Crippen LogP contribution in [0.1, 0.15) is 23.3 Å². The molecule has 3 rings (SSSR count). The summed E-state index contributed by atoms with van der Waals surface area (Å²) in [5.41, 5.74) is 1.33. The standard InChI is InChI=1S/C14H18ClN3S/c1-9-10(2)19-14-12(9)13(16-8-17-14)18-6-4-11(7-18)3-5-15/h8,11H,3-7H2,1-2H3. The SMILES string of the molecule is Cc1sc2ncnc(N3CCC(CCCl)C3)c2c1C. The maximum Gasteiger partial charge on any atom is 0.141 e. The molecule has 0 amide bonds.